The normalized spacial score (nSPS) is 10.1. The summed E-state index contributed by atoms with van der Waals surface area (Å²) < 4.78 is 5.61. The summed E-state index contributed by atoms with van der Waals surface area (Å²) in [5.74, 6) is -0.303. The van der Waals surface area contributed by atoms with Crippen molar-refractivity contribution in [2.45, 2.75) is 12.8 Å². The number of rotatable bonds is 4. The second-order valence-electron chi connectivity index (χ2n) is 3.09. The number of alkyl halides is 1. The summed E-state index contributed by atoms with van der Waals surface area (Å²) in [6.45, 7) is 0. The molecule has 1 aromatic rings. The average molecular weight is 336 g/mol. The number of benzene rings is 1. The fourth-order valence-corrected chi connectivity index (χ4v) is 2.11. The molecule has 82 valence electrons. The van der Waals surface area contributed by atoms with Crippen LogP contribution in [0.3, 0.4) is 0 Å². The third-order valence-electron chi connectivity index (χ3n) is 2.05. The number of hydrogen-bond donors (Lipinski definition) is 0. The van der Waals surface area contributed by atoms with Crippen LogP contribution in [-0.4, -0.2) is 18.4 Å². The number of carbonyl (C=O) groups is 1. The van der Waals surface area contributed by atoms with Gasteiger partial charge in [-0.05, 0) is 30.5 Å². The summed E-state index contributed by atoms with van der Waals surface area (Å²) in [5, 5.41) is 0.984. The van der Waals surface area contributed by atoms with E-state index in [4.69, 9.17) is 0 Å². The van der Waals surface area contributed by atoms with Crippen LogP contribution in [0.1, 0.15) is 22.3 Å². The zero-order valence-corrected chi connectivity index (χ0v) is 11.6. The Balaban J connectivity index is 2.83. The highest BCUT2D eigenvalue weighted by Gasteiger charge is 2.07. The van der Waals surface area contributed by atoms with Crippen LogP contribution in [-0.2, 0) is 11.2 Å². The van der Waals surface area contributed by atoms with Crippen LogP contribution in [0.2, 0.25) is 0 Å². The number of halogens is 2. The molecule has 0 heterocycles. The van der Waals surface area contributed by atoms with Crippen LogP contribution in [0, 0.1) is 0 Å². The van der Waals surface area contributed by atoms with Crippen LogP contribution in [0.25, 0.3) is 0 Å². The Labute approximate surface area is 106 Å². The lowest BCUT2D eigenvalue weighted by atomic mass is 10.1. The van der Waals surface area contributed by atoms with Gasteiger partial charge in [0.15, 0.2) is 0 Å². The molecular weight excluding hydrogens is 324 g/mol. The fourth-order valence-electron chi connectivity index (χ4n) is 1.25. The minimum atomic E-state index is -0.303. The van der Waals surface area contributed by atoms with Crippen molar-refractivity contribution in [2.24, 2.45) is 0 Å². The molecule has 0 unspecified atom stereocenters. The van der Waals surface area contributed by atoms with E-state index in [9.17, 15) is 4.79 Å². The predicted molar refractivity (Wildman–Crippen MR) is 67.6 cm³/mol. The summed E-state index contributed by atoms with van der Waals surface area (Å²) in [4.78, 5) is 11.2. The summed E-state index contributed by atoms with van der Waals surface area (Å²) in [5.41, 5.74) is 1.79. The molecule has 0 saturated carbocycles. The van der Waals surface area contributed by atoms with Crippen molar-refractivity contribution in [1.82, 2.24) is 0 Å². The maximum atomic E-state index is 11.2. The molecule has 0 spiro atoms. The molecule has 0 amide bonds. The van der Waals surface area contributed by atoms with Crippen molar-refractivity contribution < 1.29 is 9.53 Å². The molecule has 0 fully saturated rings. The van der Waals surface area contributed by atoms with Gasteiger partial charge in [0.05, 0.1) is 12.7 Å². The van der Waals surface area contributed by atoms with Gasteiger partial charge in [-0.3, -0.25) is 0 Å². The van der Waals surface area contributed by atoms with Crippen molar-refractivity contribution in [3.63, 3.8) is 0 Å². The molecule has 0 bridgehead atoms. The Morgan fingerprint density at radius 1 is 1.47 bits per heavy atom. The number of methoxy groups -OCH3 is 1. The van der Waals surface area contributed by atoms with E-state index in [0.717, 1.165) is 22.6 Å². The Bertz CT molecular complexity index is 350. The number of hydrogen-bond acceptors (Lipinski definition) is 2. The standard InChI is InChI=1S/C11H12Br2O2/c1-15-11(14)9-5-4-8(3-2-6-12)10(13)7-9/h4-5,7H,2-3,6H2,1H3. The zero-order chi connectivity index (χ0) is 11.3. The van der Waals surface area contributed by atoms with Gasteiger partial charge in [-0.15, -0.1) is 0 Å². The van der Waals surface area contributed by atoms with Gasteiger partial charge in [0.2, 0.25) is 0 Å². The maximum Gasteiger partial charge on any atom is 0.337 e. The topological polar surface area (TPSA) is 26.3 Å². The smallest absolute Gasteiger partial charge is 0.337 e. The first-order valence-corrected chi connectivity index (χ1v) is 6.53. The Morgan fingerprint density at radius 2 is 2.20 bits per heavy atom. The third kappa shape index (κ3) is 3.61. The van der Waals surface area contributed by atoms with Gasteiger partial charge < -0.3 is 4.74 Å². The first kappa shape index (κ1) is 12.7. The Morgan fingerprint density at radius 3 is 2.73 bits per heavy atom. The summed E-state index contributed by atoms with van der Waals surface area (Å²) in [6, 6.07) is 5.55. The molecule has 1 rings (SSSR count). The lowest BCUT2D eigenvalue weighted by Gasteiger charge is -2.05. The fraction of sp³-hybridized carbons (Fsp3) is 0.364. The first-order valence-electron chi connectivity index (χ1n) is 4.61. The minimum absolute atomic E-state index is 0.303. The second kappa shape index (κ2) is 6.28. The molecule has 0 aliphatic carbocycles. The summed E-state index contributed by atoms with van der Waals surface area (Å²) in [7, 11) is 1.38. The quantitative estimate of drug-likeness (QED) is 0.621. The molecule has 0 radical (unpaired) electrons. The second-order valence-corrected chi connectivity index (χ2v) is 4.74. The van der Waals surface area contributed by atoms with E-state index in [1.165, 1.54) is 12.7 Å². The van der Waals surface area contributed by atoms with Gasteiger partial charge in [0, 0.05) is 9.80 Å². The number of aryl methyl sites for hydroxylation is 1. The van der Waals surface area contributed by atoms with E-state index in [0.29, 0.717) is 5.56 Å². The molecule has 4 heteroatoms. The molecule has 0 saturated heterocycles. The Kier molecular flexibility index (Phi) is 5.32. The van der Waals surface area contributed by atoms with Crippen molar-refractivity contribution in [1.29, 1.82) is 0 Å². The Hall–Kier alpha value is -0.350. The van der Waals surface area contributed by atoms with Crippen molar-refractivity contribution >= 4 is 37.8 Å². The largest absolute Gasteiger partial charge is 0.465 e. The molecular formula is C11H12Br2O2. The van der Waals surface area contributed by atoms with Gasteiger partial charge in [-0.25, -0.2) is 4.79 Å². The highest BCUT2D eigenvalue weighted by molar-refractivity contribution is 9.10. The molecule has 0 N–H and O–H groups in total. The summed E-state index contributed by atoms with van der Waals surface area (Å²) in [6.07, 6.45) is 2.07. The van der Waals surface area contributed by atoms with Crippen LogP contribution >= 0.6 is 31.9 Å². The van der Waals surface area contributed by atoms with Gasteiger partial charge >= 0.3 is 5.97 Å². The van der Waals surface area contributed by atoms with Gasteiger partial charge in [-0.2, -0.15) is 0 Å². The summed E-state index contributed by atoms with van der Waals surface area (Å²) >= 11 is 6.84. The lowest BCUT2D eigenvalue weighted by molar-refractivity contribution is 0.0600. The molecule has 2 nitrogen and oxygen atoms in total. The van der Waals surface area contributed by atoms with E-state index in [1.807, 2.05) is 6.07 Å². The average Bonchev–Trinajstić information content (AvgIpc) is 2.26. The van der Waals surface area contributed by atoms with E-state index >= 15 is 0 Å². The van der Waals surface area contributed by atoms with Crippen molar-refractivity contribution in [2.75, 3.05) is 12.4 Å². The number of esters is 1. The molecule has 1 aromatic carbocycles. The SMILES string of the molecule is COC(=O)c1ccc(CCCBr)c(Br)c1. The maximum absolute atomic E-state index is 11.2. The molecule has 0 aliphatic heterocycles. The molecule has 0 atom stereocenters. The lowest BCUT2D eigenvalue weighted by Crippen LogP contribution is -2.01. The van der Waals surface area contributed by atoms with Gasteiger partial charge in [0.1, 0.15) is 0 Å². The molecule has 0 aromatic heterocycles. The van der Waals surface area contributed by atoms with Gasteiger partial charge in [0.25, 0.3) is 0 Å². The van der Waals surface area contributed by atoms with Crippen LogP contribution < -0.4 is 0 Å². The molecule has 0 aliphatic rings. The highest BCUT2D eigenvalue weighted by Crippen LogP contribution is 2.20. The van der Waals surface area contributed by atoms with E-state index < -0.39 is 0 Å². The van der Waals surface area contributed by atoms with Gasteiger partial charge in [-0.1, -0.05) is 37.9 Å². The number of carbonyl (C=O) groups excluding carboxylic acids is 1. The zero-order valence-electron chi connectivity index (χ0n) is 8.43. The van der Waals surface area contributed by atoms with Crippen LogP contribution in [0.5, 0.6) is 0 Å². The monoisotopic (exact) mass is 334 g/mol. The molecule has 15 heavy (non-hydrogen) atoms. The number of ether oxygens (including phenoxy) is 1. The first-order chi connectivity index (χ1) is 7.19. The highest BCUT2D eigenvalue weighted by atomic mass is 79.9. The van der Waals surface area contributed by atoms with Crippen LogP contribution in [0.4, 0.5) is 0 Å². The third-order valence-corrected chi connectivity index (χ3v) is 3.35. The minimum Gasteiger partial charge on any atom is -0.465 e. The predicted octanol–water partition coefficient (Wildman–Crippen LogP) is 3.56. The van der Waals surface area contributed by atoms with E-state index in [2.05, 4.69) is 36.6 Å². The van der Waals surface area contributed by atoms with Crippen molar-refractivity contribution in [3.05, 3.63) is 33.8 Å². The van der Waals surface area contributed by atoms with Crippen molar-refractivity contribution in [3.8, 4) is 0 Å². The van der Waals surface area contributed by atoms with E-state index in [1.54, 1.807) is 12.1 Å². The van der Waals surface area contributed by atoms with E-state index in [-0.39, 0.29) is 5.97 Å². The van der Waals surface area contributed by atoms with Crippen LogP contribution in [0.15, 0.2) is 22.7 Å².